The summed E-state index contributed by atoms with van der Waals surface area (Å²) in [5, 5.41) is 17.4. The third-order valence-corrected chi connectivity index (χ3v) is 4.33. The lowest BCUT2D eigenvalue weighted by molar-refractivity contribution is 0.267. The summed E-state index contributed by atoms with van der Waals surface area (Å²) in [5.41, 5.74) is 4.81. The van der Waals surface area contributed by atoms with Crippen LogP contribution in [0.4, 0.5) is 0 Å². The second kappa shape index (κ2) is 7.28. The fourth-order valence-corrected chi connectivity index (χ4v) is 3.08. The first-order valence-corrected chi connectivity index (χ1v) is 8.26. The Morgan fingerprint density at radius 1 is 1.17 bits per heavy atom. The van der Waals surface area contributed by atoms with Crippen LogP contribution in [-0.2, 0) is 13.1 Å². The summed E-state index contributed by atoms with van der Waals surface area (Å²) in [5.74, 6) is 0. The molecular formula is C19H29N3O. The molecule has 2 aromatic rings. The number of aromatic nitrogens is 2. The quantitative estimate of drug-likeness (QED) is 0.859. The van der Waals surface area contributed by atoms with Gasteiger partial charge in [0.15, 0.2) is 0 Å². The van der Waals surface area contributed by atoms with Crippen molar-refractivity contribution in [3.05, 3.63) is 52.8 Å². The third kappa shape index (κ3) is 4.21. The molecule has 1 heterocycles. The van der Waals surface area contributed by atoms with Crippen LogP contribution < -0.4 is 5.32 Å². The van der Waals surface area contributed by atoms with E-state index in [0.717, 1.165) is 17.9 Å². The number of hydrogen-bond acceptors (Lipinski definition) is 3. The molecule has 4 nitrogen and oxygen atoms in total. The first kappa shape index (κ1) is 17.7. The fourth-order valence-electron chi connectivity index (χ4n) is 3.08. The average Bonchev–Trinajstić information content (AvgIpc) is 2.75. The number of aliphatic hydroxyl groups excluding tert-OH is 1. The zero-order chi connectivity index (χ0) is 17.0. The highest BCUT2D eigenvalue weighted by Crippen LogP contribution is 2.33. The van der Waals surface area contributed by atoms with Crippen molar-refractivity contribution >= 4 is 0 Å². The summed E-state index contributed by atoms with van der Waals surface area (Å²) in [7, 11) is 0. The maximum Gasteiger partial charge on any atom is 0.0644 e. The lowest BCUT2D eigenvalue weighted by Gasteiger charge is -2.32. The van der Waals surface area contributed by atoms with Crippen molar-refractivity contribution in [1.82, 2.24) is 15.1 Å². The first-order valence-electron chi connectivity index (χ1n) is 8.26. The molecule has 0 aliphatic heterocycles. The van der Waals surface area contributed by atoms with E-state index in [-0.39, 0.29) is 18.1 Å². The van der Waals surface area contributed by atoms with Crippen LogP contribution in [0.3, 0.4) is 0 Å². The minimum absolute atomic E-state index is 0.115. The Bertz CT molecular complexity index is 626. The highest BCUT2D eigenvalue weighted by Gasteiger charge is 2.26. The van der Waals surface area contributed by atoms with Crippen LogP contribution in [0.25, 0.3) is 0 Å². The predicted octanol–water partition coefficient (Wildman–Crippen LogP) is 3.37. The number of nitrogens with one attached hydrogen (secondary N) is 1. The first-order chi connectivity index (χ1) is 10.8. The van der Waals surface area contributed by atoms with Crippen molar-refractivity contribution < 1.29 is 5.11 Å². The molecule has 1 atom stereocenters. The summed E-state index contributed by atoms with van der Waals surface area (Å²) in [4.78, 5) is 0. The molecule has 23 heavy (non-hydrogen) atoms. The van der Waals surface area contributed by atoms with Gasteiger partial charge < -0.3 is 10.4 Å². The molecule has 0 spiro atoms. The zero-order valence-electron chi connectivity index (χ0n) is 14.9. The van der Waals surface area contributed by atoms with Gasteiger partial charge in [-0.15, -0.1) is 0 Å². The Balaban J connectivity index is 2.20. The molecule has 0 saturated heterocycles. The summed E-state index contributed by atoms with van der Waals surface area (Å²) in [6.45, 7) is 12.3. The van der Waals surface area contributed by atoms with E-state index < -0.39 is 0 Å². The van der Waals surface area contributed by atoms with E-state index in [2.05, 4.69) is 68.4 Å². The highest BCUT2D eigenvalue weighted by atomic mass is 16.3. The molecule has 0 aliphatic rings. The van der Waals surface area contributed by atoms with Crippen LogP contribution >= 0.6 is 0 Å². The molecular weight excluding hydrogens is 286 g/mol. The Morgan fingerprint density at radius 2 is 1.83 bits per heavy atom. The number of aliphatic hydroxyl groups is 1. The van der Waals surface area contributed by atoms with Gasteiger partial charge in [0.1, 0.15) is 0 Å². The van der Waals surface area contributed by atoms with E-state index in [4.69, 9.17) is 5.11 Å². The van der Waals surface area contributed by atoms with Gasteiger partial charge in [0.05, 0.1) is 18.8 Å². The molecule has 0 amide bonds. The number of rotatable bonds is 6. The van der Waals surface area contributed by atoms with Crippen LogP contribution in [-0.4, -0.2) is 21.5 Å². The second-order valence-electron chi connectivity index (χ2n) is 7.19. The van der Waals surface area contributed by atoms with E-state index >= 15 is 0 Å². The second-order valence-corrected chi connectivity index (χ2v) is 7.19. The Labute approximate surface area is 139 Å². The topological polar surface area (TPSA) is 50.1 Å². The van der Waals surface area contributed by atoms with Crippen molar-refractivity contribution in [3.63, 3.8) is 0 Å². The van der Waals surface area contributed by atoms with E-state index in [1.807, 2.05) is 11.6 Å². The Kier molecular flexibility index (Phi) is 5.60. The van der Waals surface area contributed by atoms with Crippen LogP contribution in [0.1, 0.15) is 49.3 Å². The maximum atomic E-state index is 9.14. The van der Waals surface area contributed by atoms with Gasteiger partial charge >= 0.3 is 0 Å². The van der Waals surface area contributed by atoms with E-state index in [9.17, 15) is 0 Å². The lowest BCUT2D eigenvalue weighted by atomic mass is 9.82. The van der Waals surface area contributed by atoms with Gasteiger partial charge in [0.25, 0.3) is 0 Å². The molecule has 0 bridgehead atoms. The molecule has 4 heteroatoms. The SMILES string of the molecule is Cc1nn(CCO)c(C)c1CNC(c1ccccc1)C(C)(C)C. The Hall–Kier alpha value is -1.65. The van der Waals surface area contributed by atoms with Gasteiger partial charge in [0.2, 0.25) is 0 Å². The van der Waals surface area contributed by atoms with Gasteiger partial charge in [-0.05, 0) is 24.8 Å². The number of aryl methyl sites for hydroxylation is 1. The molecule has 2 rings (SSSR count). The Morgan fingerprint density at radius 3 is 2.39 bits per heavy atom. The van der Waals surface area contributed by atoms with E-state index in [0.29, 0.717) is 6.54 Å². The van der Waals surface area contributed by atoms with Gasteiger partial charge in [-0.1, -0.05) is 51.1 Å². The molecule has 0 aliphatic carbocycles. The third-order valence-electron chi connectivity index (χ3n) is 4.33. The number of nitrogens with zero attached hydrogens (tertiary/aromatic N) is 2. The molecule has 126 valence electrons. The van der Waals surface area contributed by atoms with Crippen LogP contribution in [0.5, 0.6) is 0 Å². The zero-order valence-corrected chi connectivity index (χ0v) is 14.9. The largest absolute Gasteiger partial charge is 0.394 e. The van der Waals surface area contributed by atoms with E-state index in [1.165, 1.54) is 11.1 Å². The summed E-state index contributed by atoms with van der Waals surface area (Å²) >= 11 is 0. The van der Waals surface area contributed by atoms with Crippen LogP contribution in [0.15, 0.2) is 30.3 Å². The van der Waals surface area contributed by atoms with Gasteiger partial charge in [-0.2, -0.15) is 5.10 Å². The molecule has 1 aromatic heterocycles. The van der Waals surface area contributed by atoms with Gasteiger partial charge in [0, 0.05) is 23.8 Å². The van der Waals surface area contributed by atoms with Crippen molar-refractivity contribution in [3.8, 4) is 0 Å². The minimum atomic E-state index is 0.115. The molecule has 0 saturated carbocycles. The number of benzene rings is 1. The van der Waals surface area contributed by atoms with Crippen molar-refractivity contribution in [2.24, 2.45) is 5.41 Å². The van der Waals surface area contributed by atoms with Crippen molar-refractivity contribution in [2.75, 3.05) is 6.61 Å². The van der Waals surface area contributed by atoms with Gasteiger partial charge in [-0.3, -0.25) is 4.68 Å². The predicted molar refractivity (Wildman–Crippen MR) is 94.3 cm³/mol. The van der Waals surface area contributed by atoms with Crippen molar-refractivity contribution in [1.29, 1.82) is 0 Å². The fraction of sp³-hybridized carbons (Fsp3) is 0.526. The molecule has 0 fully saturated rings. The summed E-state index contributed by atoms with van der Waals surface area (Å²) in [6, 6.07) is 10.9. The maximum absolute atomic E-state index is 9.14. The molecule has 1 aromatic carbocycles. The highest BCUT2D eigenvalue weighted by molar-refractivity contribution is 5.26. The molecule has 2 N–H and O–H groups in total. The lowest BCUT2D eigenvalue weighted by Crippen LogP contribution is -2.32. The average molecular weight is 315 g/mol. The monoisotopic (exact) mass is 315 g/mol. The van der Waals surface area contributed by atoms with Crippen molar-refractivity contribution in [2.45, 2.75) is 53.8 Å². The van der Waals surface area contributed by atoms with Crippen LogP contribution in [0, 0.1) is 19.3 Å². The minimum Gasteiger partial charge on any atom is -0.394 e. The number of hydrogen-bond donors (Lipinski definition) is 2. The summed E-state index contributed by atoms with van der Waals surface area (Å²) in [6.07, 6.45) is 0. The van der Waals surface area contributed by atoms with Gasteiger partial charge in [-0.25, -0.2) is 0 Å². The smallest absolute Gasteiger partial charge is 0.0644 e. The standard InChI is InChI=1S/C19H29N3O/c1-14-17(15(2)22(21-14)11-12-23)13-20-18(19(3,4)5)16-9-7-6-8-10-16/h6-10,18,20,23H,11-13H2,1-5H3. The normalized spacial score (nSPS) is 13.3. The molecule has 1 unspecified atom stereocenters. The summed E-state index contributed by atoms with van der Waals surface area (Å²) < 4.78 is 1.89. The molecule has 0 radical (unpaired) electrons. The van der Waals surface area contributed by atoms with E-state index in [1.54, 1.807) is 0 Å². The van der Waals surface area contributed by atoms with Crippen LogP contribution in [0.2, 0.25) is 0 Å².